The van der Waals surface area contributed by atoms with E-state index < -0.39 is 0 Å². The van der Waals surface area contributed by atoms with Crippen LogP contribution in [0.2, 0.25) is 8.67 Å². The molecule has 0 radical (unpaired) electrons. The monoisotopic (exact) mass is 320 g/mol. The average Bonchev–Trinajstić information content (AvgIpc) is 2.71. The summed E-state index contributed by atoms with van der Waals surface area (Å²) in [6.07, 6.45) is 2.67. The predicted octanol–water partition coefficient (Wildman–Crippen LogP) is 4.44. The van der Waals surface area contributed by atoms with E-state index in [2.05, 4.69) is 24.1 Å². The first-order valence-electron chi connectivity index (χ1n) is 6.96. The Morgan fingerprint density at radius 1 is 1.42 bits per heavy atom. The lowest BCUT2D eigenvalue weighted by Crippen LogP contribution is -2.38. The number of rotatable bonds is 5. The van der Waals surface area contributed by atoms with Crippen molar-refractivity contribution in [1.82, 2.24) is 10.2 Å². The van der Waals surface area contributed by atoms with Gasteiger partial charge in [-0.25, -0.2) is 0 Å². The Bertz CT molecular complexity index is 400. The molecule has 1 saturated heterocycles. The molecule has 1 N–H and O–H groups in total. The van der Waals surface area contributed by atoms with Gasteiger partial charge in [-0.3, -0.25) is 0 Å². The Morgan fingerprint density at radius 3 is 2.68 bits per heavy atom. The number of hydrogen-bond donors (Lipinski definition) is 1. The zero-order chi connectivity index (χ0) is 13.8. The molecule has 0 aliphatic carbocycles. The third-order valence-electron chi connectivity index (χ3n) is 3.90. The summed E-state index contributed by atoms with van der Waals surface area (Å²) < 4.78 is 1.57. The van der Waals surface area contributed by atoms with E-state index in [1.54, 1.807) is 0 Å². The maximum Gasteiger partial charge on any atom is 0.0991 e. The van der Waals surface area contributed by atoms with E-state index in [4.69, 9.17) is 23.2 Å². The largest absolute Gasteiger partial charge is 0.309 e. The van der Waals surface area contributed by atoms with Gasteiger partial charge in [0.05, 0.1) is 8.67 Å². The standard InChI is InChI=1S/C14H22Cl2N2S/c1-10-3-6-18(7-4-10)8-5-17-11(2)12-9-13(15)19-14(12)16/h9-11,17H,3-8H2,1-2H3. The van der Waals surface area contributed by atoms with Gasteiger partial charge in [0.25, 0.3) is 0 Å². The van der Waals surface area contributed by atoms with Crippen molar-refractivity contribution in [2.24, 2.45) is 5.92 Å². The quantitative estimate of drug-likeness (QED) is 0.862. The summed E-state index contributed by atoms with van der Waals surface area (Å²) >= 11 is 13.6. The molecule has 2 rings (SSSR count). The molecular weight excluding hydrogens is 299 g/mol. The molecule has 1 aliphatic heterocycles. The highest BCUT2D eigenvalue weighted by Crippen LogP contribution is 2.34. The first kappa shape index (κ1) is 15.6. The third-order valence-corrected chi connectivity index (χ3v) is 5.42. The van der Waals surface area contributed by atoms with Gasteiger partial charge in [-0.15, -0.1) is 11.3 Å². The van der Waals surface area contributed by atoms with E-state index in [-0.39, 0.29) is 6.04 Å². The third kappa shape index (κ3) is 4.61. The molecule has 1 aromatic heterocycles. The van der Waals surface area contributed by atoms with E-state index in [0.717, 1.165) is 33.2 Å². The molecule has 0 amide bonds. The summed E-state index contributed by atoms with van der Waals surface area (Å²) in [6, 6.07) is 2.23. The van der Waals surface area contributed by atoms with Crippen LogP contribution in [-0.2, 0) is 0 Å². The Labute approximate surface area is 130 Å². The van der Waals surface area contributed by atoms with Crippen LogP contribution in [0.25, 0.3) is 0 Å². The van der Waals surface area contributed by atoms with Crippen molar-refractivity contribution >= 4 is 34.5 Å². The molecule has 1 unspecified atom stereocenters. The molecule has 1 atom stereocenters. The Hall–Kier alpha value is 0.200. The minimum atomic E-state index is 0.264. The lowest BCUT2D eigenvalue weighted by molar-refractivity contribution is 0.191. The summed E-state index contributed by atoms with van der Waals surface area (Å²) in [5.74, 6) is 0.898. The van der Waals surface area contributed by atoms with Crippen LogP contribution in [0, 0.1) is 5.92 Å². The Kier molecular flexibility index (Phi) is 5.97. The second kappa shape index (κ2) is 7.28. The lowest BCUT2D eigenvalue weighted by atomic mass is 9.99. The lowest BCUT2D eigenvalue weighted by Gasteiger charge is -2.30. The van der Waals surface area contributed by atoms with Gasteiger partial charge >= 0.3 is 0 Å². The van der Waals surface area contributed by atoms with E-state index >= 15 is 0 Å². The van der Waals surface area contributed by atoms with Crippen molar-refractivity contribution in [2.75, 3.05) is 26.2 Å². The second-order valence-corrected chi connectivity index (χ2v) is 7.77. The molecule has 0 saturated carbocycles. The topological polar surface area (TPSA) is 15.3 Å². The molecule has 2 nitrogen and oxygen atoms in total. The van der Waals surface area contributed by atoms with Crippen molar-refractivity contribution < 1.29 is 0 Å². The Morgan fingerprint density at radius 2 is 2.11 bits per heavy atom. The molecular formula is C14H22Cl2N2S. The number of nitrogens with one attached hydrogen (secondary N) is 1. The first-order valence-corrected chi connectivity index (χ1v) is 8.54. The fourth-order valence-electron chi connectivity index (χ4n) is 2.48. The fraction of sp³-hybridized carbons (Fsp3) is 0.714. The minimum Gasteiger partial charge on any atom is -0.309 e. The number of piperidine rings is 1. The molecule has 1 aliphatic rings. The van der Waals surface area contributed by atoms with Crippen LogP contribution in [0.1, 0.15) is 38.3 Å². The zero-order valence-electron chi connectivity index (χ0n) is 11.6. The SMILES string of the molecule is CC1CCN(CCNC(C)c2cc(Cl)sc2Cl)CC1. The molecule has 0 spiro atoms. The molecule has 108 valence electrons. The molecule has 0 bridgehead atoms. The van der Waals surface area contributed by atoms with Crippen LogP contribution in [0.5, 0.6) is 0 Å². The van der Waals surface area contributed by atoms with Crippen LogP contribution < -0.4 is 5.32 Å². The van der Waals surface area contributed by atoms with Crippen molar-refractivity contribution in [3.05, 3.63) is 20.3 Å². The predicted molar refractivity (Wildman–Crippen MR) is 85.6 cm³/mol. The maximum atomic E-state index is 6.17. The van der Waals surface area contributed by atoms with Gasteiger partial charge in [0.2, 0.25) is 0 Å². The summed E-state index contributed by atoms with van der Waals surface area (Å²) in [5.41, 5.74) is 1.11. The summed E-state index contributed by atoms with van der Waals surface area (Å²) in [4.78, 5) is 2.54. The highest BCUT2D eigenvalue weighted by Gasteiger charge is 2.16. The first-order chi connectivity index (χ1) is 9.06. The van der Waals surface area contributed by atoms with Crippen molar-refractivity contribution in [3.8, 4) is 0 Å². The number of halogens is 2. The molecule has 2 heterocycles. The van der Waals surface area contributed by atoms with E-state index in [0.29, 0.717) is 0 Å². The van der Waals surface area contributed by atoms with Gasteiger partial charge in [-0.2, -0.15) is 0 Å². The smallest absolute Gasteiger partial charge is 0.0991 e. The number of thiophene rings is 1. The van der Waals surface area contributed by atoms with Gasteiger partial charge in [0.1, 0.15) is 0 Å². The van der Waals surface area contributed by atoms with Crippen LogP contribution >= 0.6 is 34.5 Å². The summed E-state index contributed by atoms with van der Waals surface area (Å²) in [7, 11) is 0. The molecule has 19 heavy (non-hydrogen) atoms. The minimum absolute atomic E-state index is 0.264. The Balaban J connectivity index is 1.72. The molecule has 1 aromatic rings. The number of nitrogens with zero attached hydrogens (tertiary/aromatic N) is 1. The number of likely N-dealkylation sites (tertiary alicyclic amines) is 1. The van der Waals surface area contributed by atoms with Crippen LogP contribution in [-0.4, -0.2) is 31.1 Å². The normalized spacial score (nSPS) is 19.8. The van der Waals surface area contributed by atoms with E-state index in [1.165, 1.54) is 37.3 Å². The van der Waals surface area contributed by atoms with Crippen LogP contribution in [0.15, 0.2) is 6.07 Å². The maximum absolute atomic E-state index is 6.17. The highest BCUT2D eigenvalue weighted by molar-refractivity contribution is 7.20. The van der Waals surface area contributed by atoms with Gasteiger partial charge in [-0.1, -0.05) is 30.1 Å². The van der Waals surface area contributed by atoms with Gasteiger partial charge in [-0.05, 0) is 50.4 Å². The van der Waals surface area contributed by atoms with Gasteiger partial charge in [0, 0.05) is 19.1 Å². The van der Waals surface area contributed by atoms with Gasteiger partial charge < -0.3 is 10.2 Å². The molecule has 5 heteroatoms. The van der Waals surface area contributed by atoms with E-state index in [9.17, 15) is 0 Å². The fourth-order valence-corrected chi connectivity index (χ4v) is 4.13. The highest BCUT2D eigenvalue weighted by atomic mass is 35.5. The van der Waals surface area contributed by atoms with Crippen LogP contribution in [0.3, 0.4) is 0 Å². The molecule has 0 aromatic carbocycles. The average molecular weight is 321 g/mol. The summed E-state index contributed by atoms with van der Waals surface area (Å²) in [5, 5.41) is 3.53. The van der Waals surface area contributed by atoms with E-state index in [1.807, 2.05) is 6.07 Å². The van der Waals surface area contributed by atoms with Gasteiger partial charge in [0.15, 0.2) is 0 Å². The van der Waals surface area contributed by atoms with Crippen LogP contribution in [0.4, 0.5) is 0 Å². The van der Waals surface area contributed by atoms with Crippen molar-refractivity contribution in [1.29, 1.82) is 0 Å². The van der Waals surface area contributed by atoms with Crippen molar-refractivity contribution in [2.45, 2.75) is 32.7 Å². The number of hydrogen-bond acceptors (Lipinski definition) is 3. The zero-order valence-corrected chi connectivity index (χ0v) is 13.9. The summed E-state index contributed by atoms with van der Waals surface area (Å²) in [6.45, 7) is 9.08. The second-order valence-electron chi connectivity index (χ2n) is 5.48. The van der Waals surface area contributed by atoms with Crippen molar-refractivity contribution in [3.63, 3.8) is 0 Å². The molecule has 1 fully saturated rings.